The van der Waals surface area contributed by atoms with E-state index < -0.39 is 11.9 Å². The van der Waals surface area contributed by atoms with Gasteiger partial charge in [-0.25, -0.2) is 9.78 Å². The van der Waals surface area contributed by atoms with E-state index in [0.29, 0.717) is 28.2 Å². The lowest BCUT2D eigenvalue weighted by Crippen LogP contribution is -2.12. The second-order valence-electron chi connectivity index (χ2n) is 6.57. The lowest BCUT2D eigenvalue weighted by molar-refractivity contribution is -0.130. The van der Waals surface area contributed by atoms with Gasteiger partial charge in [-0.1, -0.05) is 36.4 Å². The van der Waals surface area contributed by atoms with E-state index in [4.69, 9.17) is 0 Å². The fourth-order valence-corrected chi connectivity index (χ4v) is 3.09. The summed E-state index contributed by atoms with van der Waals surface area (Å²) in [5.74, 6) is -1.10. The summed E-state index contributed by atoms with van der Waals surface area (Å²) in [5, 5.41) is 22.5. The Bertz CT molecular complexity index is 1280. The van der Waals surface area contributed by atoms with E-state index in [-0.39, 0.29) is 11.3 Å². The van der Waals surface area contributed by atoms with Crippen molar-refractivity contribution in [3.05, 3.63) is 89.6 Å². The molecule has 0 aliphatic rings. The number of phenols is 1. The summed E-state index contributed by atoms with van der Waals surface area (Å²) in [6.45, 7) is 0. The molecular formula is C23H17N3O4. The zero-order valence-electron chi connectivity index (χ0n) is 15.7. The number of pyridine rings is 1. The van der Waals surface area contributed by atoms with E-state index in [1.54, 1.807) is 60.8 Å². The molecule has 2 aromatic carbocycles. The van der Waals surface area contributed by atoms with Gasteiger partial charge in [-0.15, -0.1) is 0 Å². The first kappa shape index (κ1) is 18.9. The Morgan fingerprint density at radius 3 is 2.47 bits per heavy atom. The molecule has 0 unspecified atom stereocenters. The van der Waals surface area contributed by atoms with E-state index in [2.05, 4.69) is 15.3 Å². The number of fused-ring (bicyclic) bond motifs is 1. The highest BCUT2D eigenvalue weighted by Gasteiger charge is 2.13. The molecule has 2 heterocycles. The fourth-order valence-electron chi connectivity index (χ4n) is 3.09. The smallest absolute Gasteiger partial charge is 0.336 e. The van der Waals surface area contributed by atoms with Gasteiger partial charge in [-0.2, -0.15) is 0 Å². The van der Waals surface area contributed by atoms with Gasteiger partial charge in [-0.05, 0) is 42.0 Å². The topological polar surface area (TPSA) is 115 Å². The zero-order chi connectivity index (χ0) is 21.1. The Morgan fingerprint density at radius 2 is 1.73 bits per heavy atom. The van der Waals surface area contributed by atoms with Gasteiger partial charge in [0.05, 0.1) is 5.57 Å². The van der Waals surface area contributed by atoms with Crippen LogP contribution in [-0.2, 0) is 4.79 Å². The van der Waals surface area contributed by atoms with Gasteiger partial charge in [0.1, 0.15) is 17.2 Å². The third-order valence-corrected chi connectivity index (χ3v) is 4.54. The number of aliphatic carboxylic acids is 1. The number of carboxylic acid groups (broad SMARTS) is 1. The van der Waals surface area contributed by atoms with Crippen LogP contribution in [0.2, 0.25) is 0 Å². The first-order valence-electron chi connectivity index (χ1n) is 9.10. The van der Waals surface area contributed by atoms with Crippen molar-refractivity contribution in [3.63, 3.8) is 0 Å². The van der Waals surface area contributed by atoms with Crippen LogP contribution in [0, 0.1) is 0 Å². The maximum absolute atomic E-state index is 12.3. The third kappa shape index (κ3) is 3.90. The van der Waals surface area contributed by atoms with Crippen LogP contribution in [0.1, 0.15) is 21.5 Å². The summed E-state index contributed by atoms with van der Waals surface area (Å²) in [4.78, 5) is 31.5. The number of H-pyrrole nitrogens is 1. The molecule has 0 atom stereocenters. The van der Waals surface area contributed by atoms with E-state index in [9.17, 15) is 19.8 Å². The number of phenolic OH excluding ortho intramolecular Hbond substituents is 1. The summed E-state index contributed by atoms with van der Waals surface area (Å²) in [5.41, 5.74) is 2.25. The van der Waals surface area contributed by atoms with Gasteiger partial charge in [-0.3, -0.25) is 4.79 Å². The van der Waals surface area contributed by atoms with Crippen molar-refractivity contribution in [2.75, 3.05) is 5.32 Å². The normalized spacial score (nSPS) is 11.4. The maximum Gasteiger partial charge on any atom is 0.336 e. The van der Waals surface area contributed by atoms with Gasteiger partial charge in [0.2, 0.25) is 0 Å². The second kappa shape index (κ2) is 7.92. The van der Waals surface area contributed by atoms with E-state index in [0.717, 1.165) is 5.39 Å². The molecule has 4 rings (SSSR count). The second-order valence-corrected chi connectivity index (χ2v) is 6.57. The van der Waals surface area contributed by atoms with Gasteiger partial charge in [0, 0.05) is 22.7 Å². The van der Waals surface area contributed by atoms with Crippen LogP contribution in [0.5, 0.6) is 5.75 Å². The van der Waals surface area contributed by atoms with Crippen molar-refractivity contribution in [3.8, 4) is 5.75 Å². The molecule has 0 saturated heterocycles. The average molecular weight is 399 g/mol. The molecular weight excluding hydrogens is 382 g/mol. The number of nitrogens with zero attached hydrogens (tertiary/aromatic N) is 1. The summed E-state index contributed by atoms with van der Waals surface area (Å²) in [6, 6.07) is 18.3. The molecule has 2 aromatic heterocycles. The van der Waals surface area contributed by atoms with Crippen molar-refractivity contribution in [2.45, 2.75) is 0 Å². The summed E-state index contributed by atoms with van der Waals surface area (Å²) in [7, 11) is 0. The summed E-state index contributed by atoms with van der Waals surface area (Å²) >= 11 is 0. The highest BCUT2D eigenvalue weighted by atomic mass is 16.4. The first-order valence-corrected chi connectivity index (χ1v) is 9.10. The number of aromatic nitrogens is 2. The molecule has 0 saturated carbocycles. The van der Waals surface area contributed by atoms with E-state index >= 15 is 0 Å². The number of rotatable bonds is 5. The van der Waals surface area contributed by atoms with Crippen molar-refractivity contribution in [2.24, 2.45) is 0 Å². The Kier molecular flexibility index (Phi) is 5.00. The number of carbonyl (C=O) groups excluding carboxylic acids is 1. The number of hydrogen-bond donors (Lipinski definition) is 4. The maximum atomic E-state index is 12.3. The van der Waals surface area contributed by atoms with Gasteiger partial charge < -0.3 is 20.5 Å². The van der Waals surface area contributed by atoms with Gasteiger partial charge >= 0.3 is 5.97 Å². The SMILES string of the molecule is O=C(O)C(=Cc1c[nH]c2nc(NC(=O)c3cccc(O)c3)ccc12)c1ccccc1. The minimum Gasteiger partial charge on any atom is -0.508 e. The highest BCUT2D eigenvalue weighted by molar-refractivity contribution is 6.21. The fraction of sp³-hybridized carbons (Fsp3) is 0. The Balaban J connectivity index is 1.64. The largest absolute Gasteiger partial charge is 0.508 e. The molecule has 0 aliphatic heterocycles. The quantitative estimate of drug-likeness (QED) is 0.376. The molecule has 30 heavy (non-hydrogen) atoms. The Hall–Kier alpha value is -4.39. The molecule has 4 aromatic rings. The molecule has 0 bridgehead atoms. The van der Waals surface area contributed by atoms with Crippen LogP contribution >= 0.6 is 0 Å². The Morgan fingerprint density at radius 1 is 0.967 bits per heavy atom. The minimum atomic E-state index is -1.03. The first-order chi connectivity index (χ1) is 14.5. The zero-order valence-corrected chi connectivity index (χ0v) is 15.7. The lowest BCUT2D eigenvalue weighted by Gasteiger charge is -2.05. The van der Waals surface area contributed by atoms with Gasteiger partial charge in [0.25, 0.3) is 5.91 Å². The van der Waals surface area contributed by atoms with Crippen LogP contribution < -0.4 is 5.32 Å². The molecule has 1 amide bonds. The minimum absolute atomic E-state index is 0.000455. The summed E-state index contributed by atoms with van der Waals surface area (Å²) in [6.07, 6.45) is 3.26. The Labute approximate surface area is 171 Å². The molecule has 0 radical (unpaired) electrons. The monoisotopic (exact) mass is 399 g/mol. The molecule has 0 fully saturated rings. The lowest BCUT2D eigenvalue weighted by atomic mass is 10.0. The van der Waals surface area contributed by atoms with Crippen molar-refractivity contribution >= 4 is 40.4 Å². The molecule has 0 spiro atoms. The number of hydrogen-bond acceptors (Lipinski definition) is 4. The van der Waals surface area contributed by atoms with Gasteiger partial charge in [0.15, 0.2) is 0 Å². The van der Waals surface area contributed by atoms with Crippen molar-refractivity contribution in [1.82, 2.24) is 9.97 Å². The number of aromatic amines is 1. The molecule has 4 N–H and O–H groups in total. The van der Waals surface area contributed by atoms with Crippen molar-refractivity contribution < 1.29 is 19.8 Å². The number of aromatic hydroxyl groups is 1. The average Bonchev–Trinajstić information content (AvgIpc) is 3.14. The predicted molar refractivity (Wildman–Crippen MR) is 114 cm³/mol. The van der Waals surface area contributed by atoms with E-state index in [1.165, 1.54) is 12.1 Å². The number of carboxylic acids is 1. The van der Waals surface area contributed by atoms with Crippen LogP contribution in [0.15, 0.2) is 72.9 Å². The number of benzene rings is 2. The number of anilines is 1. The number of amides is 1. The highest BCUT2D eigenvalue weighted by Crippen LogP contribution is 2.25. The molecule has 7 heteroatoms. The predicted octanol–water partition coefficient (Wildman–Crippen LogP) is 4.15. The van der Waals surface area contributed by atoms with Crippen LogP contribution in [0.3, 0.4) is 0 Å². The summed E-state index contributed by atoms with van der Waals surface area (Å²) < 4.78 is 0. The molecule has 7 nitrogen and oxygen atoms in total. The third-order valence-electron chi connectivity index (χ3n) is 4.54. The van der Waals surface area contributed by atoms with Crippen LogP contribution in [-0.4, -0.2) is 32.1 Å². The number of nitrogens with one attached hydrogen (secondary N) is 2. The molecule has 148 valence electrons. The standard InChI is InChI=1S/C23H17N3O4/c27-17-8-4-7-15(11-17)22(28)26-20-10-9-18-16(13-24-21(18)25-20)12-19(23(29)30)14-5-2-1-3-6-14/h1-13,27H,(H,29,30)(H2,24,25,26,28). The van der Waals surface area contributed by atoms with Crippen LogP contribution in [0.25, 0.3) is 22.7 Å². The van der Waals surface area contributed by atoms with Crippen LogP contribution in [0.4, 0.5) is 5.82 Å². The van der Waals surface area contributed by atoms with Crippen molar-refractivity contribution in [1.29, 1.82) is 0 Å². The van der Waals surface area contributed by atoms with E-state index in [1.807, 2.05) is 6.07 Å². The molecule has 0 aliphatic carbocycles. The number of carbonyl (C=O) groups is 2.